The van der Waals surface area contributed by atoms with Gasteiger partial charge in [-0.3, -0.25) is 0 Å². The van der Waals surface area contributed by atoms with Gasteiger partial charge < -0.3 is 5.73 Å². The van der Waals surface area contributed by atoms with Crippen molar-refractivity contribution in [3.05, 3.63) is 28.8 Å². The van der Waals surface area contributed by atoms with Crippen LogP contribution in [-0.2, 0) is 0 Å². The minimum atomic E-state index is 0.537. The van der Waals surface area contributed by atoms with Gasteiger partial charge in [0.05, 0.1) is 11.5 Å². The normalized spacial score (nSPS) is 11.8. The van der Waals surface area contributed by atoms with Crippen molar-refractivity contribution in [3.8, 4) is 0 Å². The summed E-state index contributed by atoms with van der Waals surface area (Å²) >= 11 is 5.89. The van der Waals surface area contributed by atoms with Gasteiger partial charge in [0.1, 0.15) is 0 Å². The zero-order chi connectivity index (χ0) is 9.14. The second-order valence-electron chi connectivity index (χ2n) is 2.69. The molecule has 0 amide bonds. The predicted molar refractivity (Wildman–Crippen MR) is 53.1 cm³/mol. The Morgan fingerprint density at radius 3 is 2.67 bits per heavy atom. The van der Waals surface area contributed by atoms with Crippen LogP contribution in [0.3, 0.4) is 0 Å². The average molecular weight is 183 g/mol. The van der Waals surface area contributed by atoms with Crippen LogP contribution >= 0.6 is 11.6 Å². The smallest absolute Gasteiger partial charge is 0.0964 e. The summed E-state index contributed by atoms with van der Waals surface area (Å²) in [5.41, 5.74) is 7.26. The quantitative estimate of drug-likeness (QED) is 0.526. The van der Waals surface area contributed by atoms with Gasteiger partial charge in [-0.05, 0) is 31.5 Å². The summed E-state index contributed by atoms with van der Waals surface area (Å²) in [6.07, 6.45) is 0. The van der Waals surface area contributed by atoms with Gasteiger partial charge in [0.2, 0.25) is 0 Å². The lowest BCUT2D eigenvalue weighted by Crippen LogP contribution is -2.03. The van der Waals surface area contributed by atoms with E-state index in [4.69, 9.17) is 17.3 Å². The molecule has 0 aliphatic rings. The molecule has 0 heterocycles. The summed E-state index contributed by atoms with van der Waals surface area (Å²) in [5.74, 6) is 0.537. The Hall–Kier alpha value is -1.02. The minimum absolute atomic E-state index is 0.537. The van der Waals surface area contributed by atoms with E-state index in [1.165, 1.54) is 0 Å². The van der Waals surface area contributed by atoms with E-state index in [0.29, 0.717) is 5.84 Å². The summed E-state index contributed by atoms with van der Waals surface area (Å²) in [6.45, 7) is 3.69. The molecular formula is C9H11ClN2. The van der Waals surface area contributed by atoms with Gasteiger partial charge in [-0.15, -0.1) is 0 Å². The van der Waals surface area contributed by atoms with Gasteiger partial charge in [-0.1, -0.05) is 17.7 Å². The molecule has 0 radical (unpaired) electrons. The van der Waals surface area contributed by atoms with Crippen LogP contribution in [0.1, 0.15) is 12.5 Å². The molecule has 0 unspecified atom stereocenters. The molecule has 0 saturated heterocycles. The number of benzene rings is 1. The second-order valence-corrected chi connectivity index (χ2v) is 3.09. The fraction of sp³-hybridized carbons (Fsp3) is 0.222. The van der Waals surface area contributed by atoms with Crippen LogP contribution in [-0.4, -0.2) is 5.84 Å². The zero-order valence-corrected chi connectivity index (χ0v) is 7.89. The molecule has 0 saturated carbocycles. The van der Waals surface area contributed by atoms with Gasteiger partial charge in [0.15, 0.2) is 0 Å². The third-order valence-electron chi connectivity index (χ3n) is 1.46. The molecule has 1 aromatic rings. The number of amidine groups is 1. The number of nitrogens with zero attached hydrogens (tertiary/aromatic N) is 1. The molecule has 0 aromatic heterocycles. The summed E-state index contributed by atoms with van der Waals surface area (Å²) in [5, 5.41) is 0.720. The molecule has 1 rings (SSSR count). The maximum absolute atomic E-state index is 5.89. The molecular weight excluding hydrogens is 172 g/mol. The minimum Gasteiger partial charge on any atom is -0.387 e. The molecule has 12 heavy (non-hydrogen) atoms. The highest BCUT2D eigenvalue weighted by molar-refractivity contribution is 6.31. The number of aliphatic imine (C=N–C) groups is 1. The summed E-state index contributed by atoms with van der Waals surface area (Å²) < 4.78 is 0. The van der Waals surface area contributed by atoms with Gasteiger partial charge in [0, 0.05) is 5.02 Å². The number of rotatable bonds is 1. The van der Waals surface area contributed by atoms with Crippen molar-refractivity contribution in [3.63, 3.8) is 0 Å². The molecule has 0 aliphatic carbocycles. The Bertz CT molecular complexity index is 314. The van der Waals surface area contributed by atoms with Crippen LogP contribution in [0, 0.1) is 6.92 Å². The van der Waals surface area contributed by atoms with Gasteiger partial charge in [-0.25, -0.2) is 4.99 Å². The highest BCUT2D eigenvalue weighted by atomic mass is 35.5. The molecule has 2 nitrogen and oxygen atoms in total. The highest BCUT2D eigenvalue weighted by Gasteiger charge is 1.95. The number of halogens is 1. The fourth-order valence-electron chi connectivity index (χ4n) is 0.855. The van der Waals surface area contributed by atoms with E-state index >= 15 is 0 Å². The standard InChI is InChI=1S/C9H11ClN2/c1-6-3-4-8(5-9(6)10)12-7(2)11/h3-5H,1-2H3,(H2,11,12). The maximum atomic E-state index is 5.89. The second kappa shape index (κ2) is 3.59. The first-order valence-electron chi connectivity index (χ1n) is 3.66. The van der Waals surface area contributed by atoms with Crippen LogP contribution in [0.15, 0.2) is 23.2 Å². The van der Waals surface area contributed by atoms with Gasteiger partial charge in [0.25, 0.3) is 0 Å². The highest BCUT2D eigenvalue weighted by Crippen LogP contribution is 2.21. The number of aryl methyl sites for hydroxylation is 1. The molecule has 3 heteroatoms. The van der Waals surface area contributed by atoms with E-state index in [0.717, 1.165) is 16.3 Å². The number of hydrogen-bond acceptors (Lipinski definition) is 1. The van der Waals surface area contributed by atoms with E-state index in [9.17, 15) is 0 Å². The molecule has 1 aromatic carbocycles. The zero-order valence-electron chi connectivity index (χ0n) is 7.13. The molecule has 0 fully saturated rings. The Morgan fingerprint density at radius 2 is 2.17 bits per heavy atom. The summed E-state index contributed by atoms with van der Waals surface area (Å²) in [4.78, 5) is 4.07. The van der Waals surface area contributed by atoms with E-state index in [2.05, 4.69) is 4.99 Å². The summed E-state index contributed by atoms with van der Waals surface area (Å²) in [6, 6.07) is 5.61. The van der Waals surface area contributed by atoms with Crippen molar-refractivity contribution >= 4 is 23.1 Å². The van der Waals surface area contributed by atoms with Crippen molar-refractivity contribution in [2.75, 3.05) is 0 Å². The van der Waals surface area contributed by atoms with E-state index < -0.39 is 0 Å². The van der Waals surface area contributed by atoms with Crippen molar-refractivity contribution in [2.24, 2.45) is 10.7 Å². The van der Waals surface area contributed by atoms with Gasteiger partial charge >= 0.3 is 0 Å². The van der Waals surface area contributed by atoms with E-state index in [1.807, 2.05) is 19.1 Å². The first kappa shape index (κ1) is 9.07. The first-order chi connectivity index (χ1) is 5.59. The van der Waals surface area contributed by atoms with Crippen LogP contribution in [0.25, 0.3) is 0 Å². The monoisotopic (exact) mass is 182 g/mol. The lowest BCUT2D eigenvalue weighted by atomic mass is 10.2. The topological polar surface area (TPSA) is 38.4 Å². The van der Waals surface area contributed by atoms with E-state index in [-0.39, 0.29) is 0 Å². The van der Waals surface area contributed by atoms with Crippen molar-refractivity contribution in [1.29, 1.82) is 0 Å². The summed E-state index contributed by atoms with van der Waals surface area (Å²) in [7, 11) is 0. The molecule has 0 bridgehead atoms. The lowest BCUT2D eigenvalue weighted by Gasteiger charge is -1.98. The largest absolute Gasteiger partial charge is 0.387 e. The van der Waals surface area contributed by atoms with Crippen molar-refractivity contribution < 1.29 is 0 Å². The molecule has 64 valence electrons. The average Bonchev–Trinajstić information content (AvgIpc) is 1.96. The molecule has 0 spiro atoms. The van der Waals surface area contributed by atoms with Crippen molar-refractivity contribution in [1.82, 2.24) is 0 Å². The third-order valence-corrected chi connectivity index (χ3v) is 1.87. The fourth-order valence-corrected chi connectivity index (χ4v) is 1.03. The molecule has 0 atom stereocenters. The Balaban J connectivity index is 3.05. The van der Waals surface area contributed by atoms with E-state index in [1.54, 1.807) is 13.0 Å². The Kier molecular flexibility index (Phi) is 2.71. The number of hydrogen-bond donors (Lipinski definition) is 1. The number of nitrogens with two attached hydrogens (primary N) is 1. The Labute approximate surface area is 77.1 Å². The predicted octanol–water partition coefficient (Wildman–Crippen LogP) is 2.66. The van der Waals surface area contributed by atoms with Crippen molar-refractivity contribution in [2.45, 2.75) is 13.8 Å². The first-order valence-corrected chi connectivity index (χ1v) is 4.04. The van der Waals surface area contributed by atoms with Crippen LogP contribution < -0.4 is 5.73 Å². The molecule has 0 aliphatic heterocycles. The molecule has 2 N–H and O–H groups in total. The maximum Gasteiger partial charge on any atom is 0.0964 e. The lowest BCUT2D eigenvalue weighted by molar-refractivity contribution is 1.41. The Morgan fingerprint density at radius 1 is 1.50 bits per heavy atom. The SMILES string of the molecule is CC(N)=Nc1ccc(C)c(Cl)c1. The van der Waals surface area contributed by atoms with Crippen LogP contribution in [0.2, 0.25) is 5.02 Å². The van der Waals surface area contributed by atoms with Crippen LogP contribution in [0.4, 0.5) is 5.69 Å². The van der Waals surface area contributed by atoms with Gasteiger partial charge in [-0.2, -0.15) is 0 Å². The third kappa shape index (κ3) is 2.24. The van der Waals surface area contributed by atoms with Crippen LogP contribution in [0.5, 0.6) is 0 Å².